The van der Waals surface area contributed by atoms with Crippen LogP contribution >= 0.6 is 11.6 Å². The van der Waals surface area contributed by atoms with Crippen molar-refractivity contribution in [2.75, 3.05) is 18.0 Å². The van der Waals surface area contributed by atoms with E-state index in [4.69, 9.17) is 16.3 Å². The quantitative estimate of drug-likeness (QED) is 0.854. The number of rotatable bonds is 2. The highest BCUT2D eigenvalue weighted by molar-refractivity contribution is 6.29. The van der Waals surface area contributed by atoms with Gasteiger partial charge in [-0.05, 0) is 24.6 Å². The monoisotopic (exact) mass is 307 g/mol. The van der Waals surface area contributed by atoms with Gasteiger partial charge in [-0.3, -0.25) is 4.98 Å². The number of hydrogen-bond donors (Lipinski definition) is 0. The summed E-state index contributed by atoms with van der Waals surface area (Å²) in [5.41, 5.74) is 0.947. The number of anilines is 1. The van der Waals surface area contributed by atoms with E-state index in [0.29, 0.717) is 18.2 Å². The smallest absolute Gasteiger partial charge is 0.149 e. The number of nitrogens with zero attached hydrogens (tertiary/aromatic N) is 3. The lowest BCUT2D eigenvalue weighted by Gasteiger charge is -2.37. The molecule has 2 heterocycles. The van der Waals surface area contributed by atoms with Gasteiger partial charge < -0.3 is 9.64 Å². The third-order valence-electron chi connectivity index (χ3n) is 3.42. The SMILES string of the molecule is CC1CN(c2cncc(Cl)n2)CC(c2ccc(F)cc2)O1. The van der Waals surface area contributed by atoms with Crippen molar-refractivity contribution in [3.8, 4) is 0 Å². The van der Waals surface area contributed by atoms with Crippen molar-refractivity contribution >= 4 is 17.4 Å². The summed E-state index contributed by atoms with van der Waals surface area (Å²) in [6.07, 6.45) is 3.10. The van der Waals surface area contributed by atoms with Crippen LogP contribution in [0, 0.1) is 5.82 Å². The Hall–Kier alpha value is -1.72. The summed E-state index contributed by atoms with van der Waals surface area (Å²) in [6.45, 7) is 3.35. The second-order valence-electron chi connectivity index (χ2n) is 5.09. The summed E-state index contributed by atoms with van der Waals surface area (Å²) >= 11 is 5.90. The van der Waals surface area contributed by atoms with E-state index in [0.717, 1.165) is 11.4 Å². The molecule has 0 N–H and O–H groups in total. The van der Waals surface area contributed by atoms with Crippen LogP contribution in [0.25, 0.3) is 0 Å². The van der Waals surface area contributed by atoms with E-state index in [-0.39, 0.29) is 18.0 Å². The zero-order valence-electron chi connectivity index (χ0n) is 11.5. The molecule has 6 heteroatoms. The van der Waals surface area contributed by atoms with Crippen LogP contribution in [0.1, 0.15) is 18.6 Å². The van der Waals surface area contributed by atoms with Crippen molar-refractivity contribution in [2.24, 2.45) is 0 Å². The number of halogens is 2. The largest absolute Gasteiger partial charge is 0.367 e. The van der Waals surface area contributed by atoms with Crippen LogP contribution < -0.4 is 4.90 Å². The van der Waals surface area contributed by atoms with E-state index >= 15 is 0 Å². The molecule has 3 rings (SSSR count). The minimum atomic E-state index is -0.250. The lowest BCUT2D eigenvalue weighted by molar-refractivity contribution is -0.0176. The van der Waals surface area contributed by atoms with Gasteiger partial charge in [-0.15, -0.1) is 0 Å². The van der Waals surface area contributed by atoms with E-state index in [9.17, 15) is 4.39 Å². The summed E-state index contributed by atoms with van der Waals surface area (Å²) in [5.74, 6) is 0.477. The first kappa shape index (κ1) is 14.2. The van der Waals surface area contributed by atoms with Crippen molar-refractivity contribution < 1.29 is 9.13 Å². The molecule has 21 heavy (non-hydrogen) atoms. The van der Waals surface area contributed by atoms with Crippen molar-refractivity contribution in [1.29, 1.82) is 0 Å². The topological polar surface area (TPSA) is 38.2 Å². The molecule has 0 aliphatic carbocycles. The predicted octanol–water partition coefficient (Wildman–Crippen LogP) is 3.24. The first-order chi connectivity index (χ1) is 10.1. The Morgan fingerprint density at radius 3 is 2.71 bits per heavy atom. The zero-order valence-corrected chi connectivity index (χ0v) is 12.3. The van der Waals surface area contributed by atoms with Crippen molar-refractivity contribution in [3.05, 3.63) is 53.2 Å². The van der Waals surface area contributed by atoms with Gasteiger partial charge in [0.25, 0.3) is 0 Å². The van der Waals surface area contributed by atoms with Crippen molar-refractivity contribution in [2.45, 2.75) is 19.1 Å². The molecule has 1 aromatic carbocycles. The van der Waals surface area contributed by atoms with E-state index < -0.39 is 0 Å². The highest BCUT2D eigenvalue weighted by Crippen LogP contribution is 2.28. The molecule has 0 radical (unpaired) electrons. The molecule has 0 spiro atoms. The summed E-state index contributed by atoms with van der Waals surface area (Å²) in [4.78, 5) is 10.4. The Bertz CT molecular complexity index is 623. The van der Waals surface area contributed by atoms with E-state index in [1.54, 1.807) is 18.3 Å². The number of benzene rings is 1. The normalized spacial score (nSPS) is 22.3. The lowest BCUT2D eigenvalue weighted by atomic mass is 10.1. The van der Waals surface area contributed by atoms with Crippen LogP contribution in [0.4, 0.5) is 10.2 Å². The van der Waals surface area contributed by atoms with Gasteiger partial charge in [0.15, 0.2) is 0 Å². The number of hydrogen-bond acceptors (Lipinski definition) is 4. The molecule has 0 amide bonds. The van der Waals surface area contributed by atoms with Crippen LogP contribution in [0.3, 0.4) is 0 Å². The van der Waals surface area contributed by atoms with Crippen LogP contribution in [-0.4, -0.2) is 29.2 Å². The predicted molar refractivity (Wildman–Crippen MR) is 78.9 cm³/mol. The molecule has 0 bridgehead atoms. The second-order valence-corrected chi connectivity index (χ2v) is 5.48. The standard InChI is InChI=1S/C15H15ClFN3O/c1-10-8-20(15-7-18-6-14(16)19-15)9-13(21-10)11-2-4-12(17)5-3-11/h2-7,10,13H,8-9H2,1H3. The van der Waals surface area contributed by atoms with Gasteiger partial charge in [-0.25, -0.2) is 9.37 Å². The Kier molecular flexibility index (Phi) is 4.03. The van der Waals surface area contributed by atoms with E-state index in [2.05, 4.69) is 14.9 Å². The molecule has 1 fully saturated rings. The Morgan fingerprint density at radius 2 is 2.00 bits per heavy atom. The first-order valence-corrected chi connectivity index (χ1v) is 7.13. The van der Waals surface area contributed by atoms with Crippen LogP contribution in [0.15, 0.2) is 36.7 Å². The summed E-state index contributed by atoms with van der Waals surface area (Å²) < 4.78 is 19.0. The molecule has 4 nitrogen and oxygen atoms in total. The van der Waals surface area contributed by atoms with Crippen LogP contribution in [0.5, 0.6) is 0 Å². The Labute approximate surface area is 127 Å². The average molecular weight is 308 g/mol. The number of morpholine rings is 1. The van der Waals surface area contributed by atoms with Crippen molar-refractivity contribution in [1.82, 2.24) is 9.97 Å². The van der Waals surface area contributed by atoms with Gasteiger partial charge in [0.2, 0.25) is 0 Å². The Morgan fingerprint density at radius 1 is 1.24 bits per heavy atom. The van der Waals surface area contributed by atoms with Gasteiger partial charge in [0, 0.05) is 13.1 Å². The van der Waals surface area contributed by atoms with Crippen LogP contribution in [0.2, 0.25) is 5.15 Å². The maximum absolute atomic E-state index is 13.0. The van der Waals surface area contributed by atoms with Crippen LogP contribution in [-0.2, 0) is 4.74 Å². The molecule has 1 aliphatic heterocycles. The number of aromatic nitrogens is 2. The summed E-state index contributed by atoms with van der Waals surface area (Å²) in [5, 5.41) is 0.366. The molecule has 1 aliphatic rings. The fraction of sp³-hybridized carbons (Fsp3) is 0.333. The van der Waals surface area contributed by atoms with Gasteiger partial charge in [-0.2, -0.15) is 0 Å². The maximum atomic E-state index is 13.0. The average Bonchev–Trinajstić information content (AvgIpc) is 2.47. The molecule has 1 saturated heterocycles. The minimum absolute atomic E-state index is 0.0367. The fourth-order valence-corrected chi connectivity index (χ4v) is 2.63. The Balaban J connectivity index is 1.83. The van der Waals surface area contributed by atoms with Gasteiger partial charge in [0.05, 0.1) is 18.5 Å². The summed E-state index contributed by atoms with van der Waals surface area (Å²) in [6, 6.07) is 6.39. The zero-order chi connectivity index (χ0) is 14.8. The molecule has 2 atom stereocenters. The third kappa shape index (κ3) is 3.31. The first-order valence-electron chi connectivity index (χ1n) is 6.75. The van der Waals surface area contributed by atoms with Gasteiger partial charge in [-0.1, -0.05) is 23.7 Å². The highest BCUT2D eigenvalue weighted by Gasteiger charge is 2.27. The third-order valence-corrected chi connectivity index (χ3v) is 3.60. The second kappa shape index (κ2) is 5.95. The molecular formula is C15H15ClFN3O. The van der Waals surface area contributed by atoms with Gasteiger partial charge >= 0.3 is 0 Å². The fourth-order valence-electron chi connectivity index (χ4n) is 2.48. The molecule has 2 aromatic rings. The summed E-state index contributed by atoms with van der Waals surface area (Å²) in [7, 11) is 0. The minimum Gasteiger partial charge on any atom is -0.367 e. The molecule has 2 unspecified atom stereocenters. The lowest BCUT2D eigenvalue weighted by Crippen LogP contribution is -2.43. The molecule has 110 valence electrons. The van der Waals surface area contributed by atoms with Gasteiger partial charge in [0.1, 0.15) is 22.9 Å². The molecular weight excluding hydrogens is 293 g/mol. The molecule has 1 aromatic heterocycles. The highest BCUT2D eigenvalue weighted by atomic mass is 35.5. The van der Waals surface area contributed by atoms with E-state index in [1.807, 2.05) is 6.92 Å². The maximum Gasteiger partial charge on any atom is 0.149 e. The number of ether oxygens (including phenoxy) is 1. The van der Waals surface area contributed by atoms with E-state index in [1.165, 1.54) is 18.3 Å². The molecule has 0 saturated carbocycles. The van der Waals surface area contributed by atoms with Crippen molar-refractivity contribution in [3.63, 3.8) is 0 Å².